The van der Waals surface area contributed by atoms with Gasteiger partial charge in [-0.05, 0) is 31.2 Å². The van der Waals surface area contributed by atoms with Crippen LogP contribution in [0.2, 0.25) is 0 Å². The number of hydrogen-bond acceptors (Lipinski definition) is 3. The minimum atomic E-state index is -1.03. The normalized spacial score (nSPS) is 20.9. The smallest absolute Gasteiger partial charge is 0.339 e. The molecule has 0 saturated heterocycles. The van der Waals surface area contributed by atoms with Crippen molar-refractivity contribution in [2.45, 2.75) is 26.8 Å². The lowest BCUT2D eigenvalue weighted by molar-refractivity contribution is 0.0695. The fourth-order valence-corrected chi connectivity index (χ4v) is 1.98. The summed E-state index contributed by atoms with van der Waals surface area (Å²) in [4.78, 5) is 22.3. The maximum Gasteiger partial charge on any atom is 0.339 e. The van der Waals surface area contributed by atoms with Crippen molar-refractivity contribution in [2.75, 3.05) is 6.54 Å². The second-order valence-corrected chi connectivity index (χ2v) is 5.02. The topological polar surface area (TPSA) is 91.6 Å². The Bertz CT molecular complexity index is 495. The van der Waals surface area contributed by atoms with Crippen LogP contribution < -0.4 is 10.6 Å². The largest absolute Gasteiger partial charge is 0.478 e. The van der Waals surface area contributed by atoms with E-state index in [2.05, 4.69) is 17.6 Å². The van der Waals surface area contributed by atoms with Crippen molar-refractivity contribution >= 4 is 12.0 Å². The van der Waals surface area contributed by atoms with E-state index in [0.717, 1.165) is 0 Å². The molecule has 0 bridgehead atoms. The Labute approximate surface area is 111 Å². The summed E-state index contributed by atoms with van der Waals surface area (Å²) < 4.78 is 5.26. The minimum Gasteiger partial charge on any atom is -0.478 e. The number of carboxylic acids is 1. The summed E-state index contributed by atoms with van der Waals surface area (Å²) in [5.74, 6) is 1.04. The van der Waals surface area contributed by atoms with Crippen LogP contribution in [-0.2, 0) is 6.54 Å². The van der Waals surface area contributed by atoms with Crippen LogP contribution in [-0.4, -0.2) is 23.7 Å². The molecule has 19 heavy (non-hydrogen) atoms. The van der Waals surface area contributed by atoms with Gasteiger partial charge >= 0.3 is 12.0 Å². The molecule has 2 amide bonds. The van der Waals surface area contributed by atoms with Crippen LogP contribution >= 0.6 is 0 Å². The van der Waals surface area contributed by atoms with Crippen LogP contribution in [0.3, 0.4) is 0 Å². The summed E-state index contributed by atoms with van der Waals surface area (Å²) in [6, 6.07) is 1.17. The van der Waals surface area contributed by atoms with Gasteiger partial charge in [0.15, 0.2) is 0 Å². The molecule has 0 aromatic carbocycles. The molecule has 0 spiro atoms. The summed E-state index contributed by atoms with van der Waals surface area (Å²) in [5, 5.41) is 14.3. The third-order valence-electron chi connectivity index (χ3n) is 3.42. The summed E-state index contributed by atoms with van der Waals surface area (Å²) in [5.41, 5.74) is 0.129. The van der Waals surface area contributed by atoms with Gasteiger partial charge in [0.2, 0.25) is 0 Å². The predicted molar refractivity (Wildman–Crippen MR) is 67.9 cm³/mol. The number of carbonyl (C=O) groups excluding carboxylic acids is 1. The summed E-state index contributed by atoms with van der Waals surface area (Å²) in [7, 11) is 0. The second-order valence-electron chi connectivity index (χ2n) is 5.02. The molecule has 104 valence electrons. The number of urea groups is 1. The van der Waals surface area contributed by atoms with Gasteiger partial charge in [0.05, 0.1) is 6.54 Å². The standard InChI is InChI=1S/C13H18N2O4/c1-7-3-9(7)5-14-13(18)15-6-10-4-11(12(16)17)8(2)19-10/h4,7,9H,3,5-6H2,1-2H3,(H,16,17)(H2,14,15,18). The molecule has 3 N–H and O–H groups in total. The monoisotopic (exact) mass is 266 g/mol. The molecule has 2 unspecified atom stereocenters. The summed E-state index contributed by atoms with van der Waals surface area (Å²) in [6.45, 7) is 4.61. The molecule has 1 aliphatic rings. The van der Waals surface area contributed by atoms with Crippen molar-refractivity contribution in [3.8, 4) is 0 Å². The van der Waals surface area contributed by atoms with E-state index in [1.165, 1.54) is 12.5 Å². The SMILES string of the molecule is Cc1oc(CNC(=O)NCC2CC2C)cc1C(=O)O. The lowest BCUT2D eigenvalue weighted by atomic mass is 10.2. The molecule has 2 atom stereocenters. The number of carboxylic acid groups (broad SMARTS) is 1. The van der Waals surface area contributed by atoms with Crippen molar-refractivity contribution in [1.29, 1.82) is 0 Å². The highest BCUT2D eigenvalue weighted by Crippen LogP contribution is 2.36. The number of carbonyl (C=O) groups is 2. The number of aryl methyl sites for hydroxylation is 1. The Kier molecular flexibility index (Phi) is 3.78. The van der Waals surface area contributed by atoms with Gasteiger partial charge in [-0.15, -0.1) is 0 Å². The molecule has 1 aliphatic carbocycles. The van der Waals surface area contributed by atoms with Crippen LogP contribution in [0, 0.1) is 18.8 Å². The highest BCUT2D eigenvalue weighted by Gasteiger charge is 2.32. The van der Waals surface area contributed by atoms with E-state index < -0.39 is 5.97 Å². The zero-order valence-electron chi connectivity index (χ0n) is 11.0. The fraction of sp³-hybridized carbons (Fsp3) is 0.538. The van der Waals surface area contributed by atoms with E-state index in [1.807, 2.05) is 0 Å². The number of rotatable bonds is 5. The van der Waals surface area contributed by atoms with Gasteiger partial charge in [-0.2, -0.15) is 0 Å². The molecule has 0 aliphatic heterocycles. The first-order valence-corrected chi connectivity index (χ1v) is 6.31. The van der Waals surface area contributed by atoms with Gasteiger partial charge in [0, 0.05) is 6.54 Å². The van der Waals surface area contributed by atoms with Crippen molar-refractivity contribution < 1.29 is 19.1 Å². The first kappa shape index (κ1) is 13.5. The minimum absolute atomic E-state index is 0.129. The van der Waals surface area contributed by atoms with Gasteiger partial charge in [0.25, 0.3) is 0 Å². The second kappa shape index (κ2) is 5.34. The number of furan rings is 1. The van der Waals surface area contributed by atoms with Gasteiger partial charge < -0.3 is 20.2 Å². The number of aromatic carboxylic acids is 1. The maximum atomic E-state index is 11.5. The van der Waals surface area contributed by atoms with Crippen molar-refractivity contribution in [3.63, 3.8) is 0 Å². The van der Waals surface area contributed by atoms with Crippen molar-refractivity contribution in [1.82, 2.24) is 10.6 Å². The Balaban J connectivity index is 1.76. The number of hydrogen-bond donors (Lipinski definition) is 3. The van der Waals surface area contributed by atoms with E-state index in [0.29, 0.717) is 29.9 Å². The van der Waals surface area contributed by atoms with Crippen LogP contribution in [0.15, 0.2) is 10.5 Å². The Morgan fingerprint density at radius 2 is 2.16 bits per heavy atom. The molecular weight excluding hydrogens is 248 g/mol. The van der Waals surface area contributed by atoms with E-state index in [1.54, 1.807) is 6.92 Å². The molecule has 6 heteroatoms. The molecule has 6 nitrogen and oxygen atoms in total. The van der Waals surface area contributed by atoms with E-state index >= 15 is 0 Å². The highest BCUT2D eigenvalue weighted by atomic mass is 16.4. The molecule has 2 rings (SSSR count). The lowest BCUT2D eigenvalue weighted by Crippen LogP contribution is -2.36. The molecular formula is C13H18N2O4. The Morgan fingerprint density at radius 3 is 2.68 bits per heavy atom. The van der Waals surface area contributed by atoms with Crippen molar-refractivity contribution in [2.24, 2.45) is 11.8 Å². The third-order valence-corrected chi connectivity index (χ3v) is 3.42. The Hall–Kier alpha value is -1.98. The van der Waals surface area contributed by atoms with Crippen LogP contribution in [0.25, 0.3) is 0 Å². The van der Waals surface area contributed by atoms with E-state index in [4.69, 9.17) is 9.52 Å². The van der Waals surface area contributed by atoms with Crippen LogP contribution in [0.1, 0.15) is 35.2 Å². The van der Waals surface area contributed by atoms with Gasteiger partial charge in [-0.25, -0.2) is 9.59 Å². The highest BCUT2D eigenvalue weighted by molar-refractivity contribution is 5.88. The first-order valence-electron chi connectivity index (χ1n) is 6.31. The fourth-order valence-electron chi connectivity index (χ4n) is 1.98. The van der Waals surface area contributed by atoms with E-state index in [9.17, 15) is 9.59 Å². The van der Waals surface area contributed by atoms with Gasteiger partial charge in [-0.1, -0.05) is 6.92 Å². The third kappa shape index (κ3) is 3.49. The van der Waals surface area contributed by atoms with Crippen LogP contribution in [0.4, 0.5) is 4.79 Å². The number of amides is 2. The molecule has 0 radical (unpaired) electrons. The van der Waals surface area contributed by atoms with E-state index in [-0.39, 0.29) is 18.1 Å². The lowest BCUT2D eigenvalue weighted by Gasteiger charge is -2.05. The zero-order valence-corrected chi connectivity index (χ0v) is 11.0. The van der Waals surface area contributed by atoms with Gasteiger partial charge in [-0.3, -0.25) is 0 Å². The number of nitrogens with one attached hydrogen (secondary N) is 2. The summed E-state index contributed by atoms with van der Waals surface area (Å²) in [6.07, 6.45) is 1.17. The molecule has 1 saturated carbocycles. The average molecular weight is 266 g/mol. The van der Waals surface area contributed by atoms with Gasteiger partial charge in [0.1, 0.15) is 17.1 Å². The summed E-state index contributed by atoms with van der Waals surface area (Å²) >= 11 is 0. The maximum absolute atomic E-state index is 11.5. The first-order chi connectivity index (χ1) is 8.97. The van der Waals surface area contributed by atoms with Crippen LogP contribution in [0.5, 0.6) is 0 Å². The molecule has 1 fully saturated rings. The quantitative estimate of drug-likeness (QED) is 0.757. The predicted octanol–water partition coefficient (Wildman–Crippen LogP) is 1.74. The van der Waals surface area contributed by atoms with Crippen molar-refractivity contribution in [3.05, 3.63) is 23.2 Å². The molecule has 1 aromatic heterocycles. The zero-order chi connectivity index (χ0) is 14.0. The molecule has 1 heterocycles. The molecule has 1 aromatic rings. The Morgan fingerprint density at radius 1 is 1.47 bits per heavy atom. The average Bonchev–Trinajstić information content (AvgIpc) is 2.91.